The molecule has 1 saturated heterocycles. The average Bonchev–Trinajstić information content (AvgIpc) is 3.51. The molecular weight excluding hydrogens is 537 g/mol. The summed E-state index contributed by atoms with van der Waals surface area (Å²) in [7, 11) is 3.72. The van der Waals surface area contributed by atoms with Crippen LogP contribution in [0.15, 0.2) is 77.9 Å². The van der Waals surface area contributed by atoms with Crippen LogP contribution in [-0.2, 0) is 7.05 Å². The number of likely N-dealkylation sites (N-methyl/N-ethyl adjacent to an activating group) is 1. The number of nitrogens with zero attached hydrogens (tertiary/aromatic N) is 5. The van der Waals surface area contributed by atoms with E-state index in [2.05, 4.69) is 16.8 Å². The van der Waals surface area contributed by atoms with Gasteiger partial charge in [0.25, 0.3) is 0 Å². The number of hydrogen-bond acceptors (Lipinski definition) is 6. The zero-order chi connectivity index (χ0) is 29.5. The number of carbonyl (C=O) groups excluding carboxylic acids is 1. The van der Waals surface area contributed by atoms with E-state index in [1.54, 1.807) is 42.1 Å². The number of rotatable bonds is 6. The van der Waals surface area contributed by atoms with Gasteiger partial charge >= 0.3 is 5.97 Å². The van der Waals surface area contributed by atoms with E-state index in [1.165, 1.54) is 28.8 Å². The minimum Gasteiger partial charge on any atom is -0.494 e. The molecule has 0 saturated carbocycles. The van der Waals surface area contributed by atoms with E-state index in [-0.39, 0.29) is 17.4 Å². The summed E-state index contributed by atoms with van der Waals surface area (Å²) in [6.07, 6.45) is 1.77. The van der Waals surface area contributed by atoms with Crippen LogP contribution in [-0.4, -0.2) is 86.5 Å². The molecule has 1 fully saturated rings. The minimum atomic E-state index is -1.08. The van der Waals surface area contributed by atoms with Crippen LogP contribution in [0.2, 0.25) is 0 Å². The predicted molar refractivity (Wildman–Crippen MR) is 160 cm³/mol. The van der Waals surface area contributed by atoms with E-state index >= 15 is 0 Å². The average molecular weight is 568 g/mol. The van der Waals surface area contributed by atoms with E-state index in [0.29, 0.717) is 40.0 Å². The lowest BCUT2D eigenvalue weighted by Crippen LogP contribution is -2.46. The van der Waals surface area contributed by atoms with Crippen molar-refractivity contribution in [2.45, 2.75) is 0 Å². The Morgan fingerprint density at radius 2 is 1.60 bits per heavy atom. The molecule has 2 aromatic heterocycles. The molecule has 42 heavy (non-hydrogen) atoms. The number of aromatic nitrogens is 2. The largest absolute Gasteiger partial charge is 0.494 e. The maximum Gasteiger partial charge on any atom is 0.335 e. The Bertz CT molecular complexity index is 1860. The van der Waals surface area contributed by atoms with Gasteiger partial charge in [-0.1, -0.05) is 6.07 Å². The van der Waals surface area contributed by atoms with E-state index in [0.717, 1.165) is 37.1 Å². The number of aromatic carboxylic acids is 1. The van der Waals surface area contributed by atoms with Gasteiger partial charge in [-0.2, -0.15) is 0 Å². The molecule has 0 aliphatic carbocycles. The second-order valence-corrected chi connectivity index (χ2v) is 10.7. The lowest BCUT2D eigenvalue weighted by molar-refractivity contribution is 0.0696. The van der Waals surface area contributed by atoms with Crippen LogP contribution < -0.4 is 0 Å². The number of aromatic hydroxyl groups is 1. The van der Waals surface area contributed by atoms with Crippen molar-refractivity contribution >= 4 is 45.1 Å². The third-order valence-electron chi connectivity index (χ3n) is 7.91. The van der Waals surface area contributed by atoms with Gasteiger partial charge in [0.05, 0.1) is 40.1 Å². The zero-order valence-electron chi connectivity index (χ0n) is 23.3. The third kappa shape index (κ3) is 5.06. The van der Waals surface area contributed by atoms with E-state index in [1.807, 2.05) is 18.2 Å². The summed E-state index contributed by atoms with van der Waals surface area (Å²) in [5, 5.41) is 22.1. The Labute approximate surface area is 241 Å². The molecule has 0 spiro atoms. The highest BCUT2D eigenvalue weighted by Gasteiger charge is 2.23. The summed E-state index contributed by atoms with van der Waals surface area (Å²) >= 11 is 0. The highest BCUT2D eigenvalue weighted by molar-refractivity contribution is 6.22. The fourth-order valence-corrected chi connectivity index (χ4v) is 5.48. The van der Waals surface area contributed by atoms with Gasteiger partial charge < -0.3 is 19.7 Å². The van der Waals surface area contributed by atoms with Crippen LogP contribution in [0.5, 0.6) is 5.88 Å². The Hall–Kier alpha value is -4.80. The van der Waals surface area contributed by atoms with Crippen LogP contribution in [0.1, 0.15) is 26.3 Å². The van der Waals surface area contributed by atoms with Gasteiger partial charge in [-0.15, -0.1) is 0 Å². The first-order valence-electron chi connectivity index (χ1n) is 13.6. The number of carboxylic acid groups (broad SMARTS) is 1. The molecule has 9 nitrogen and oxygen atoms in total. The monoisotopic (exact) mass is 567 g/mol. The number of halogens is 1. The molecule has 3 heterocycles. The van der Waals surface area contributed by atoms with E-state index in [4.69, 9.17) is 4.99 Å². The number of carbonyl (C=O) groups is 2. The first kappa shape index (κ1) is 27.4. The van der Waals surface area contributed by atoms with Crippen LogP contribution in [0.25, 0.3) is 21.8 Å². The van der Waals surface area contributed by atoms with Gasteiger partial charge in [0.2, 0.25) is 11.8 Å². The molecule has 10 heteroatoms. The Morgan fingerprint density at radius 3 is 2.31 bits per heavy atom. The zero-order valence-corrected chi connectivity index (χ0v) is 23.3. The van der Waals surface area contributed by atoms with Gasteiger partial charge in [-0.3, -0.25) is 14.3 Å². The van der Waals surface area contributed by atoms with Crippen molar-refractivity contribution < 1.29 is 24.2 Å². The second-order valence-electron chi connectivity index (χ2n) is 10.7. The van der Waals surface area contributed by atoms with E-state index in [9.17, 15) is 24.2 Å². The fourth-order valence-electron chi connectivity index (χ4n) is 5.48. The molecule has 214 valence electrons. The van der Waals surface area contributed by atoms with Crippen LogP contribution in [0.3, 0.4) is 0 Å². The lowest BCUT2D eigenvalue weighted by atomic mass is 10.00. The molecule has 2 N–H and O–H groups in total. The maximum absolute atomic E-state index is 13.9. The summed E-state index contributed by atoms with van der Waals surface area (Å²) in [6, 6.07) is 17.8. The first-order valence-corrected chi connectivity index (χ1v) is 13.6. The van der Waals surface area contributed by atoms with Gasteiger partial charge in [-0.05, 0) is 67.7 Å². The molecule has 1 aliphatic rings. The quantitative estimate of drug-likeness (QED) is 0.288. The summed E-state index contributed by atoms with van der Waals surface area (Å²) in [4.78, 5) is 34.1. The number of benzene rings is 3. The van der Waals surface area contributed by atoms with Crippen LogP contribution >= 0.6 is 0 Å². The first-order chi connectivity index (χ1) is 20.2. The Kier molecular flexibility index (Phi) is 7.09. The molecule has 0 bridgehead atoms. The Balaban J connectivity index is 1.41. The highest BCUT2D eigenvalue weighted by Crippen LogP contribution is 2.35. The smallest absolute Gasteiger partial charge is 0.335 e. The molecule has 0 radical (unpaired) electrons. The van der Waals surface area contributed by atoms with Gasteiger partial charge in [0, 0.05) is 55.8 Å². The van der Waals surface area contributed by atoms with Crippen LogP contribution in [0, 0.1) is 5.82 Å². The topological polar surface area (TPSA) is 103 Å². The molecular formula is C32H30FN5O4. The fraction of sp³-hybridized carbons (Fsp3) is 0.219. The van der Waals surface area contributed by atoms with Crippen molar-refractivity contribution in [3.63, 3.8) is 0 Å². The second kappa shape index (κ2) is 10.9. The maximum atomic E-state index is 13.9. The number of aryl methyl sites for hydroxylation is 1. The van der Waals surface area contributed by atoms with Crippen molar-refractivity contribution in [2.24, 2.45) is 12.0 Å². The molecule has 3 aromatic carbocycles. The number of aliphatic imine (C=N–C) groups is 1. The number of piperazine rings is 1. The molecule has 0 atom stereocenters. The van der Waals surface area contributed by atoms with Crippen LogP contribution in [0.4, 0.5) is 10.1 Å². The van der Waals surface area contributed by atoms with E-state index < -0.39 is 11.8 Å². The van der Waals surface area contributed by atoms with Crippen molar-refractivity contribution in [3.8, 4) is 5.88 Å². The lowest BCUT2D eigenvalue weighted by Gasteiger charge is -2.31. The predicted octanol–water partition coefficient (Wildman–Crippen LogP) is 4.73. The number of carboxylic acids is 1. The molecule has 6 rings (SSSR count). The van der Waals surface area contributed by atoms with Gasteiger partial charge in [0.1, 0.15) is 5.82 Å². The third-order valence-corrected chi connectivity index (χ3v) is 7.91. The summed E-state index contributed by atoms with van der Waals surface area (Å²) in [5.41, 5.74) is 3.31. The number of fused-ring (bicyclic) bond motifs is 2. The van der Waals surface area contributed by atoms with Crippen molar-refractivity contribution in [1.82, 2.24) is 18.9 Å². The Morgan fingerprint density at radius 1 is 0.881 bits per heavy atom. The summed E-state index contributed by atoms with van der Waals surface area (Å²) < 4.78 is 17.0. The minimum absolute atomic E-state index is 0.000728. The summed E-state index contributed by atoms with van der Waals surface area (Å²) in [6.45, 7) is 3.92. The SMILES string of the molecule is CN1CCN(CC(=O)n2ccc3cc(N=C(c4ccc(F)cc4)c4c(O)n(C)c5cc(C(=O)O)ccc45)ccc32)CC1. The van der Waals surface area contributed by atoms with Gasteiger partial charge in [0.15, 0.2) is 0 Å². The number of hydrogen-bond donors (Lipinski definition) is 2. The summed E-state index contributed by atoms with van der Waals surface area (Å²) in [5.74, 6) is -1.58. The van der Waals surface area contributed by atoms with Gasteiger partial charge in [-0.25, -0.2) is 14.2 Å². The molecule has 0 unspecified atom stereocenters. The molecule has 0 amide bonds. The van der Waals surface area contributed by atoms with Crippen molar-refractivity contribution in [1.29, 1.82) is 0 Å². The highest BCUT2D eigenvalue weighted by atomic mass is 19.1. The normalized spacial score (nSPS) is 15.1. The molecule has 1 aliphatic heterocycles. The van der Waals surface area contributed by atoms with Crippen molar-refractivity contribution in [2.75, 3.05) is 39.8 Å². The standard InChI is InChI=1S/C32H30FN5O4/c1-35-13-15-37(16-14-35)19-28(39)38-12-11-21-17-24(8-10-26(21)38)34-30(20-3-6-23(33)7-4-20)29-25-9-5-22(32(41)42)18-27(25)36(2)31(29)40/h3-12,17-18,40H,13-16,19H2,1-2H3,(H,41,42). The van der Waals surface area contributed by atoms with Crippen molar-refractivity contribution in [3.05, 3.63) is 95.4 Å². The molecule has 5 aromatic rings.